The van der Waals surface area contributed by atoms with Gasteiger partial charge in [-0.25, -0.2) is 9.97 Å². The fourth-order valence-corrected chi connectivity index (χ4v) is 5.68. The summed E-state index contributed by atoms with van der Waals surface area (Å²) in [4.78, 5) is 11.3. The summed E-state index contributed by atoms with van der Waals surface area (Å²) in [5.74, 6) is 1.36. The third-order valence-electron chi connectivity index (χ3n) is 6.77. The van der Waals surface area contributed by atoms with E-state index in [1.807, 2.05) is 24.5 Å². The standard InChI is InChI=1S/C25H26ClN3/c1-18-13-19(15-20(26)14-18)22-16-25(23-6-3-2-5-21(22)23)7-11-29(12-8-25)17-24-27-9-4-10-28-24/h2-6,9-10,13-15,22H,7-8,11-12,16-17H2,1H3. The molecule has 3 nitrogen and oxygen atoms in total. The molecule has 1 aliphatic heterocycles. The number of fused-ring (bicyclic) bond motifs is 2. The molecule has 0 amide bonds. The lowest BCUT2D eigenvalue weighted by atomic mass is 9.73. The number of likely N-dealkylation sites (tertiary alicyclic amines) is 1. The van der Waals surface area contributed by atoms with Crippen LogP contribution in [0.2, 0.25) is 5.02 Å². The molecular formula is C25H26ClN3. The van der Waals surface area contributed by atoms with Crippen LogP contribution in [0.15, 0.2) is 60.9 Å². The first-order valence-corrected chi connectivity index (χ1v) is 10.9. The molecule has 0 bridgehead atoms. The summed E-state index contributed by atoms with van der Waals surface area (Å²) in [6.45, 7) is 5.16. The Balaban J connectivity index is 1.40. The maximum absolute atomic E-state index is 6.41. The van der Waals surface area contributed by atoms with Crippen molar-refractivity contribution in [2.24, 2.45) is 0 Å². The van der Waals surface area contributed by atoms with E-state index < -0.39 is 0 Å². The van der Waals surface area contributed by atoms with Crippen molar-refractivity contribution in [1.82, 2.24) is 14.9 Å². The maximum atomic E-state index is 6.41. The van der Waals surface area contributed by atoms with Crippen molar-refractivity contribution in [1.29, 1.82) is 0 Å². The van der Waals surface area contributed by atoms with Gasteiger partial charge in [-0.3, -0.25) is 4.90 Å². The number of hydrogen-bond acceptors (Lipinski definition) is 3. The van der Waals surface area contributed by atoms with Crippen molar-refractivity contribution >= 4 is 11.6 Å². The highest BCUT2D eigenvalue weighted by molar-refractivity contribution is 6.30. The highest BCUT2D eigenvalue weighted by atomic mass is 35.5. The number of aryl methyl sites for hydroxylation is 1. The zero-order valence-corrected chi connectivity index (χ0v) is 17.6. The molecule has 1 atom stereocenters. The minimum atomic E-state index is 0.269. The van der Waals surface area contributed by atoms with E-state index in [0.29, 0.717) is 5.92 Å². The van der Waals surface area contributed by atoms with Crippen LogP contribution >= 0.6 is 11.6 Å². The largest absolute Gasteiger partial charge is 0.296 e. The quantitative estimate of drug-likeness (QED) is 0.577. The Morgan fingerprint density at radius 1 is 1.03 bits per heavy atom. The molecule has 1 fully saturated rings. The summed E-state index contributed by atoms with van der Waals surface area (Å²) in [5, 5.41) is 0.844. The lowest BCUT2D eigenvalue weighted by Gasteiger charge is -2.40. The SMILES string of the molecule is Cc1cc(Cl)cc(C2CC3(CCN(Cc4ncccn4)CC3)c3ccccc32)c1. The molecule has 0 radical (unpaired) electrons. The second-order valence-electron chi connectivity index (χ2n) is 8.63. The van der Waals surface area contributed by atoms with Crippen molar-refractivity contribution in [3.8, 4) is 0 Å². The average Bonchev–Trinajstić information content (AvgIpc) is 3.05. The van der Waals surface area contributed by atoms with Crippen LogP contribution in [0.3, 0.4) is 0 Å². The van der Waals surface area contributed by atoms with Gasteiger partial charge in [0.1, 0.15) is 5.82 Å². The van der Waals surface area contributed by atoms with Gasteiger partial charge in [0.05, 0.1) is 6.54 Å². The first kappa shape index (κ1) is 18.8. The molecule has 1 aromatic heterocycles. The van der Waals surface area contributed by atoms with E-state index in [9.17, 15) is 0 Å². The molecule has 0 N–H and O–H groups in total. The zero-order valence-electron chi connectivity index (χ0n) is 16.8. The summed E-state index contributed by atoms with van der Waals surface area (Å²) < 4.78 is 0. The van der Waals surface area contributed by atoms with Crippen LogP contribution in [0.25, 0.3) is 0 Å². The number of aromatic nitrogens is 2. The summed E-state index contributed by atoms with van der Waals surface area (Å²) in [5.41, 5.74) is 5.92. The first-order valence-electron chi connectivity index (χ1n) is 10.5. The number of nitrogens with zero attached hydrogens (tertiary/aromatic N) is 3. The number of hydrogen-bond donors (Lipinski definition) is 0. The molecule has 5 rings (SSSR count). The molecule has 2 aliphatic rings. The van der Waals surface area contributed by atoms with Gasteiger partial charge in [-0.15, -0.1) is 0 Å². The molecule has 1 saturated heterocycles. The van der Waals surface area contributed by atoms with Gasteiger partial charge < -0.3 is 0 Å². The predicted molar refractivity (Wildman–Crippen MR) is 117 cm³/mol. The van der Waals surface area contributed by atoms with E-state index in [4.69, 9.17) is 11.6 Å². The summed E-state index contributed by atoms with van der Waals surface area (Å²) in [7, 11) is 0. The van der Waals surface area contributed by atoms with Gasteiger partial charge in [-0.2, -0.15) is 0 Å². The summed E-state index contributed by atoms with van der Waals surface area (Å²) >= 11 is 6.41. The Morgan fingerprint density at radius 3 is 2.55 bits per heavy atom. The third-order valence-corrected chi connectivity index (χ3v) is 6.98. The molecule has 1 unspecified atom stereocenters. The molecule has 148 valence electrons. The minimum Gasteiger partial charge on any atom is -0.296 e. The van der Waals surface area contributed by atoms with E-state index in [0.717, 1.165) is 30.5 Å². The van der Waals surface area contributed by atoms with Gasteiger partial charge in [0.2, 0.25) is 0 Å². The van der Waals surface area contributed by atoms with Crippen molar-refractivity contribution in [2.45, 2.75) is 44.1 Å². The van der Waals surface area contributed by atoms with Crippen molar-refractivity contribution in [3.05, 3.63) is 94.0 Å². The second kappa shape index (κ2) is 7.55. The molecule has 1 aliphatic carbocycles. The van der Waals surface area contributed by atoms with Crippen molar-refractivity contribution < 1.29 is 0 Å². The molecule has 29 heavy (non-hydrogen) atoms. The molecule has 4 heteroatoms. The molecule has 3 aromatic rings. The highest BCUT2D eigenvalue weighted by Crippen LogP contribution is 2.54. The van der Waals surface area contributed by atoms with Gasteiger partial charge in [0.15, 0.2) is 0 Å². The monoisotopic (exact) mass is 403 g/mol. The lowest BCUT2D eigenvalue weighted by Crippen LogP contribution is -2.41. The molecule has 2 aromatic carbocycles. The van der Waals surface area contributed by atoms with Crippen LogP contribution in [0.4, 0.5) is 0 Å². The average molecular weight is 404 g/mol. The van der Waals surface area contributed by atoms with Crippen LogP contribution in [0.5, 0.6) is 0 Å². The molecule has 2 heterocycles. The van der Waals surface area contributed by atoms with Gasteiger partial charge in [0, 0.05) is 23.3 Å². The number of piperidine rings is 1. The Hall–Kier alpha value is -2.23. The second-order valence-corrected chi connectivity index (χ2v) is 9.06. The van der Waals surface area contributed by atoms with E-state index in [1.54, 1.807) is 5.56 Å². The van der Waals surface area contributed by atoms with Crippen LogP contribution in [0.1, 0.15) is 53.3 Å². The first-order chi connectivity index (χ1) is 14.1. The highest BCUT2D eigenvalue weighted by Gasteiger charge is 2.45. The molecular weight excluding hydrogens is 378 g/mol. The van der Waals surface area contributed by atoms with Crippen molar-refractivity contribution in [2.75, 3.05) is 13.1 Å². The normalized spacial score (nSPS) is 20.7. The van der Waals surface area contributed by atoms with E-state index >= 15 is 0 Å². The number of halogens is 1. The van der Waals surface area contributed by atoms with E-state index in [-0.39, 0.29) is 5.41 Å². The van der Waals surface area contributed by atoms with Gasteiger partial charge in [-0.05, 0) is 85.1 Å². The Kier molecular flexibility index (Phi) is 4.89. The smallest absolute Gasteiger partial charge is 0.142 e. The van der Waals surface area contributed by atoms with Gasteiger partial charge in [-0.1, -0.05) is 41.9 Å². The third kappa shape index (κ3) is 3.58. The van der Waals surface area contributed by atoms with Gasteiger partial charge in [0.25, 0.3) is 0 Å². The maximum Gasteiger partial charge on any atom is 0.142 e. The fraction of sp³-hybridized carbons (Fsp3) is 0.360. The van der Waals surface area contributed by atoms with Crippen LogP contribution in [0, 0.1) is 6.92 Å². The van der Waals surface area contributed by atoms with E-state index in [2.05, 4.69) is 58.2 Å². The Labute approximate surface area is 177 Å². The van der Waals surface area contributed by atoms with Crippen molar-refractivity contribution in [3.63, 3.8) is 0 Å². The van der Waals surface area contributed by atoms with Crippen LogP contribution in [-0.2, 0) is 12.0 Å². The van der Waals surface area contributed by atoms with E-state index in [1.165, 1.54) is 36.0 Å². The Bertz CT molecular complexity index is 989. The minimum absolute atomic E-state index is 0.269. The lowest BCUT2D eigenvalue weighted by molar-refractivity contribution is 0.147. The zero-order chi connectivity index (χ0) is 19.8. The molecule has 0 saturated carbocycles. The van der Waals surface area contributed by atoms with Gasteiger partial charge >= 0.3 is 0 Å². The summed E-state index contributed by atoms with van der Waals surface area (Å²) in [6, 6.07) is 17.5. The van der Waals surface area contributed by atoms with Crippen LogP contribution in [-0.4, -0.2) is 28.0 Å². The topological polar surface area (TPSA) is 29.0 Å². The molecule has 1 spiro atoms. The predicted octanol–water partition coefficient (Wildman–Crippen LogP) is 5.51. The number of rotatable bonds is 3. The number of benzene rings is 2. The Morgan fingerprint density at radius 2 is 1.79 bits per heavy atom. The fourth-order valence-electron chi connectivity index (χ4n) is 5.38. The summed E-state index contributed by atoms with van der Waals surface area (Å²) in [6.07, 6.45) is 7.22. The van der Waals surface area contributed by atoms with Crippen LogP contribution < -0.4 is 0 Å².